The summed E-state index contributed by atoms with van der Waals surface area (Å²) in [5.41, 5.74) is 1.14. The molecule has 1 N–H and O–H groups in total. The fourth-order valence-corrected chi connectivity index (χ4v) is 2.69. The summed E-state index contributed by atoms with van der Waals surface area (Å²) in [6.45, 7) is 3.46. The number of carbonyl (C=O) groups excluding carboxylic acids is 1. The maximum Gasteiger partial charge on any atom is 0.240 e. The number of hydrogen-bond acceptors (Lipinski definition) is 7. The quantitative estimate of drug-likeness (QED) is 0.706. The number of carbonyl (C=O) groups is 1. The molecule has 1 aromatic carbocycles. The first-order valence-corrected chi connectivity index (χ1v) is 7.86. The van der Waals surface area contributed by atoms with E-state index in [0.29, 0.717) is 16.5 Å². The zero-order valence-electron chi connectivity index (χ0n) is 12.8. The molecule has 3 aromatic rings. The topological polar surface area (TPSA) is 98.7 Å². The normalized spacial score (nSPS) is 12.1. The Kier molecular flexibility index (Phi) is 4.56. The lowest BCUT2D eigenvalue weighted by Crippen LogP contribution is -2.22. The number of anilines is 1. The average Bonchev–Trinajstić information content (AvgIpc) is 3.16. The summed E-state index contributed by atoms with van der Waals surface area (Å²) in [7, 11) is 0. The molecule has 0 saturated heterocycles. The van der Waals surface area contributed by atoms with Crippen LogP contribution in [0.15, 0.2) is 40.0 Å². The molecule has 1 amide bonds. The minimum atomic E-state index is -0.506. The van der Waals surface area contributed by atoms with Gasteiger partial charge in [-0.15, -0.1) is 5.10 Å². The highest BCUT2D eigenvalue weighted by atomic mass is 32.2. The van der Waals surface area contributed by atoms with Gasteiger partial charge in [-0.1, -0.05) is 23.0 Å². The molecule has 0 saturated carbocycles. The average molecular weight is 348 g/mol. The van der Waals surface area contributed by atoms with Crippen LogP contribution in [0.3, 0.4) is 0 Å². The van der Waals surface area contributed by atoms with Gasteiger partial charge in [0, 0.05) is 6.07 Å². The molecule has 1 atom stereocenters. The molecule has 0 bridgehead atoms. The van der Waals surface area contributed by atoms with Crippen LogP contribution in [0.25, 0.3) is 5.69 Å². The number of thioether (sulfide) groups is 1. The van der Waals surface area contributed by atoms with E-state index in [4.69, 9.17) is 4.52 Å². The number of aryl methyl sites for hydroxylation is 1. The van der Waals surface area contributed by atoms with Crippen molar-refractivity contribution in [1.29, 1.82) is 0 Å². The Morgan fingerprint density at radius 3 is 2.96 bits per heavy atom. The van der Waals surface area contributed by atoms with E-state index in [1.54, 1.807) is 32.0 Å². The molecule has 124 valence electrons. The van der Waals surface area contributed by atoms with Crippen molar-refractivity contribution in [3.05, 3.63) is 41.8 Å². The Balaban J connectivity index is 1.72. The molecular formula is C14H13FN6O2S. The number of halogens is 1. The first kappa shape index (κ1) is 16.1. The molecule has 8 nitrogen and oxygen atoms in total. The largest absolute Gasteiger partial charge is 0.338 e. The fraction of sp³-hybridized carbons (Fsp3) is 0.214. The van der Waals surface area contributed by atoms with Gasteiger partial charge in [-0.05, 0) is 42.5 Å². The molecule has 2 aromatic heterocycles. The number of rotatable bonds is 5. The molecule has 0 radical (unpaired) electrons. The first-order valence-electron chi connectivity index (χ1n) is 6.98. The number of aromatic nitrogens is 5. The summed E-state index contributed by atoms with van der Waals surface area (Å²) in [4.78, 5) is 12.2. The monoisotopic (exact) mass is 348 g/mol. The van der Waals surface area contributed by atoms with Crippen LogP contribution in [-0.2, 0) is 4.79 Å². The molecular weight excluding hydrogens is 335 g/mol. The van der Waals surface area contributed by atoms with Gasteiger partial charge >= 0.3 is 0 Å². The van der Waals surface area contributed by atoms with Crippen molar-refractivity contribution in [3.8, 4) is 5.69 Å². The molecule has 0 aliphatic rings. The second-order valence-electron chi connectivity index (χ2n) is 4.94. The summed E-state index contributed by atoms with van der Waals surface area (Å²) in [5, 5.41) is 17.5. The maximum atomic E-state index is 13.4. The smallest absolute Gasteiger partial charge is 0.240 e. The van der Waals surface area contributed by atoms with E-state index in [9.17, 15) is 9.18 Å². The zero-order chi connectivity index (χ0) is 17.1. The van der Waals surface area contributed by atoms with Crippen molar-refractivity contribution >= 4 is 23.6 Å². The van der Waals surface area contributed by atoms with Gasteiger partial charge in [-0.25, -0.2) is 4.39 Å². The summed E-state index contributed by atoms with van der Waals surface area (Å²) in [6.07, 6.45) is 0. The third kappa shape index (κ3) is 3.59. The van der Waals surface area contributed by atoms with E-state index in [0.717, 1.165) is 11.8 Å². The van der Waals surface area contributed by atoms with Crippen LogP contribution in [-0.4, -0.2) is 36.5 Å². The van der Waals surface area contributed by atoms with Gasteiger partial charge in [0.25, 0.3) is 0 Å². The lowest BCUT2D eigenvalue weighted by Gasteiger charge is -2.10. The van der Waals surface area contributed by atoms with Gasteiger partial charge in [0.2, 0.25) is 16.9 Å². The van der Waals surface area contributed by atoms with E-state index in [-0.39, 0.29) is 11.8 Å². The number of benzene rings is 1. The third-order valence-corrected chi connectivity index (χ3v) is 4.05. The standard InChI is InChI=1S/C14H13FN6O2S/c1-8-6-12(23-18-8)16-13(22)9(2)24-14-17-19-20-21(14)11-5-3-4-10(15)7-11/h3-7,9H,1-2H3,(H,16,22)/t9-/m0/s1. The number of amides is 1. The Labute approximate surface area is 140 Å². The third-order valence-electron chi connectivity index (χ3n) is 3.02. The van der Waals surface area contributed by atoms with Crippen molar-refractivity contribution in [3.63, 3.8) is 0 Å². The van der Waals surface area contributed by atoms with Crippen molar-refractivity contribution in [2.75, 3.05) is 5.32 Å². The van der Waals surface area contributed by atoms with Gasteiger partial charge < -0.3 is 4.52 Å². The van der Waals surface area contributed by atoms with Crippen molar-refractivity contribution < 1.29 is 13.7 Å². The lowest BCUT2D eigenvalue weighted by molar-refractivity contribution is -0.115. The Morgan fingerprint density at radius 1 is 1.42 bits per heavy atom. The predicted molar refractivity (Wildman–Crippen MR) is 84.3 cm³/mol. The van der Waals surface area contributed by atoms with Gasteiger partial charge in [-0.3, -0.25) is 10.1 Å². The minimum Gasteiger partial charge on any atom is -0.338 e. The molecule has 0 fully saturated rings. The van der Waals surface area contributed by atoms with Gasteiger partial charge in [0.15, 0.2) is 0 Å². The Bertz CT molecular complexity index is 864. The molecule has 24 heavy (non-hydrogen) atoms. The van der Waals surface area contributed by atoms with Crippen molar-refractivity contribution in [2.45, 2.75) is 24.3 Å². The molecule has 0 unspecified atom stereocenters. The molecule has 2 heterocycles. The molecule has 3 rings (SSSR count). The SMILES string of the molecule is Cc1cc(NC(=O)[C@H](C)Sc2nnnn2-c2cccc(F)c2)on1. The van der Waals surface area contributed by atoms with Crippen molar-refractivity contribution in [1.82, 2.24) is 25.4 Å². The van der Waals surface area contributed by atoms with Crippen LogP contribution in [0.5, 0.6) is 0 Å². The number of nitrogens with one attached hydrogen (secondary N) is 1. The summed E-state index contributed by atoms with van der Waals surface area (Å²) < 4.78 is 19.7. The number of nitrogens with zero attached hydrogens (tertiary/aromatic N) is 5. The molecule has 0 spiro atoms. The van der Waals surface area contributed by atoms with E-state index in [1.807, 2.05) is 0 Å². The van der Waals surface area contributed by atoms with E-state index < -0.39 is 11.1 Å². The summed E-state index contributed by atoms with van der Waals surface area (Å²) >= 11 is 1.14. The lowest BCUT2D eigenvalue weighted by atomic mass is 10.3. The Hall–Kier alpha value is -2.75. The predicted octanol–water partition coefficient (Wildman–Crippen LogP) is 2.22. The van der Waals surface area contributed by atoms with Crippen LogP contribution in [0, 0.1) is 12.7 Å². The number of tetrazole rings is 1. The minimum absolute atomic E-state index is 0.273. The van der Waals surface area contributed by atoms with Crippen LogP contribution < -0.4 is 5.32 Å². The van der Waals surface area contributed by atoms with Gasteiger partial charge in [-0.2, -0.15) is 4.68 Å². The first-order chi connectivity index (χ1) is 11.5. The van der Waals surface area contributed by atoms with Gasteiger partial charge in [0.1, 0.15) is 5.82 Å². The van der Waals surface area contributed by atoms with Crippen LogP contribution in [0.1, 0.15) is 12.6 Å². The van der Waals surface area contributed by atoms with E-state index in [2.05, 4.69) is 26.0 Å². The van der Waals surface area contributed by atoms with Gasteiger partial charge in [0.05, 0.1) is 16.6 Å². The fourth-order valence-electron chi connectivity index (χ4n) is 1.88. The number of hydrogen-bond donors (Lipinski definition) is 1. The second kappa shape index (κ2) is 6.79. The van der Waals surface area contributed by atoms with Crippen molar-refractivity contribution in [2.24, 2.45) is 0 Å². The van der Waals surface area contributed by atoms with Crippen LogP contribution >= 0.6 is 11.8 Å². The Morgan fingerprint density at radius 2 is 2.25 bits per heavy atom. The summed E-state index contributed by atoms with van der Waals surface area (Å²) in [6, 6.07) is 7.49. The highest BCUT2D eigenvalue weighted by Gasteiger charge is 2.20. The highest BCUT2D eigenvalue weighted by molar-refractivity contribution is 8.00. The van der Waals surface area contributed by atoms with E-state index >= 15 is 0 Å². The highest BCUT2D eigenvalue weighted by Crippen LogP contribution is 2.24. The molecule has 0 aliphatic heterocycles. The summed E-state index contributed by atoms with van der Waals surface area (Å²) in [5.74, 6) is -0.412. The molecule has 0 aliphatic carbocycles. The molecule has 10 heteroatoms. The van der Waals surface area contributed by atoms with Crippen LogP contribution in [0.4, 0.5) is 10.3 Å². The zero-order valence-corrected chi connectivity index (χ0v) is 13.6. The maximum absolute atomic E-state index is 13.4. The van der Waals surface area contributed by atoms with E-state index in [1.165, 1.54) is 16.8 Å². The van der Waals surface area contributed by atoms with Crippen LogP contribution in [0.2, 0.25) is 0 Å². The second-order valence-corrected chi connectivity index (χ2v) is 6.24.